The van der Waals surface area contributed by atoms with Crippen molar-refractivity contribution < 1.29 is 9.84 Å². The molecule has 1 rings (SSSR count). The van der Waals surface area contributed by atoms with Crippen molar-refractivity contribution in [2.24, 2.45) is 5.92 Å². The maximum absolute atomic E-state index is 9.00. The van der Waals surface area contributed by atoms with Gasteiger partial charge in [0.2, 0.25) is 0 Å². The van der Waals surface area contributed by atoms with Crippen LogP contribution in [0.3, 0.4) is 0 Å². The maximum atomic E-state index is 9.00. The topological polar surface area (TPSA) is 41.5 Å². The molecule has 0 spiro atoms. The van der Waals surface area contributed by atoms with Gasteiger partial charge in [-0.2, -0.15) is 0 Å². The standard InChI is InChI=1S/C13H27NO2/c1-2-4-12(6-8-15)11-14-13-5-3-9-16-10-7-13/h12-15H,2-11H2,1H3. The smallest absolute Gasteiger partial charge is 0.0480 e. The first-order chi connectivity index (χ1) is 7.86. The molecule has 0 radical (unpaired) electrons. The third-order valence-electron chi connectivity index (χ3n) is 3.38. The van der Waals surface area contributed by atoms with Crippen LogP contribution in [-0.2, 0) is 4.74 Å². The number of hydrogen-bond acceptors (Lipinski definition) is 3. The van der Waals surface area contributed by atoms with Crippen LogP contribution in [0.2, 0.25) is 0 Å². The summed E-state index contributed by atoms with van der Waals surface area (Å²) in [6.07, 6.45) is 6.91. The Bertz CT molecular complexity index is 148. The molecule has 3 heteroatoms. The summed E-state index contributed by atoms with van der Waals surface area (Å²) in [7, 11) is 0. The van der Waals surface area contributed by atoms with Gasteiger partial charge in [-0.25, -0.2) is 0 Å². The lowest BCUT2D eigenvalue weighted by molar-refractivity contribution is 0.142. The zero-order valence-electron chi connectivity index (χ0n) is 10.6. The van der Waals surface area contributed by atoms with Crippen LogP contribution in [0.5, 0.6) is 0 Å². The lowest BCUT2D eigenvalue weighted by atomic mass is 9.99. The summed E-state index contributed by atoms with van der Waals surface area (Å²) in [5, 5.41) is 12.6. The molecule has 0 aromatic rings. The second-order valence-corrected chi connectivity index (χ2v) is 4.82. The van der Waals surface area contributed by atoms with Gasteiger partial charge in [-0.05, 0) is 44.6 Å². The first-order valence-corrected chi connectivity index (χ1v) is 6.78. The average Bonchev–Trinajstić information content (AvgIpc) is 2.55. The van der Waals surface area contributed by atoms with Gasteiger partial charge in [-0.1, -0.05) is 13.3 Å². The van der Waals surface area contributed by atoms with Crippen LogP contribution < -0.4 is 5.32 Å². The number of aliphatic hydroxyl groups is 1. The third kappa shape index (κ3) is 5.83. The van der Waals surface area contributed by atoms with E-state index in [1.807, 2.05) is 0 Å². The van der Waals surface area contributed by atoms with Crippen LogP contribution in [-0.4, -0.2) is 37.5 Å². The Morgan fingerprint density at radius 3 is 2.94 bits per heavy atom. The minimum absolute atomic E-state index is 0.320. The van der Waals surface area contributed by atoms with Crippen LogP contribution in [0.4, 0.5) is 0 Å². The van der Waals surface area contributed by atoms with E-state index < -0.39 is 0 Å². The van der Waals surface area contributed by atoms with E-state index >= 15 is 0 Å². The highest BCUT2D eigenvalue weighted by atomic mass is 16.5. The van der Waals surface area contributed by atoms with Gasteiger partial charge in [0.25, 0.3) is 0 Å². The summed E-state index contributed by atoms with van der Waals surface area (Å²) in [6, 6.07) is 0.626. The minimum Gasteiger partial charge on any atom is -0.396 e. The van der Waals surface area contributed by atoms with Crippen molar-refractivity contribution in [3.05, 3.63) is 0 Å². The van der Waals surface area contributed by atoms with E-state index in [1.165, 1.54) is 25.7 Å². The Morgan fingerprint density at radius 2 is 2.19 bits per heavy atom. The minimum atomic E-state index is 0.320. The van der Waals surface area contributed by atoms with Crippen molar-refractivity contribution in [2.45, 2.75) is 51.5 Å². The van der Waals surface area contributed by atoms with Gasteiger partial charge in [0.15, 0.2) is 0 Å². The van der Waals surface area contributed by atoms with E-state index in [9.17, 15) is 0 Å². The fraction of sp³-hybridized carbons (Fsp3) is 1.00. The van der Waals surface area contributed by atoms with E-state index in [1.54, 1.807) is 0 Å². The van der Waals surface area contributed by atoms with Gasteiger partial charge in [0.1, 0.15) is 0 Å². The largest absolute Gasteiger partial charge is 0.396 e. The first kappa shape index (κ1) is 13.9. The molecule has 0 aromatic heterocycles. The van der Waals surface area contributed by atoms with E-state index in [0.29, 0.717) is 18.6 Å². The molecule has 2 unspecified atom stereocenters. The molecule has 1 aliphatic rings. The Labute approximate surface area is 99.6 Å². The SMILES string of the molecule is CCCC(CCO)CNC1CCCOCC1. The summed E-state index contributed by atoms with van der Waals surface area (Å²) in [4.78, 5) is 0. The summed E-state index contributed by atoms with van der Waals surface area (Å²) in [5.74, 6) is 0.638. The molecular formula is C13H27NO2. The molecule has 1 fully saturated rings. The van der Waals surface area contributed by atoms with Crippen molar-refractivity contribution >= 4 is 0 Å². The van der Waals surface area contributed by atoms with Crippen LogP contribution in [0.15, 0.2) is 0 Å². The van der Waals surface area contributed by atoms with Crippen molar-refractivity contribution in [3.8, 4) is 0 Å². The van der Waals surface area contributed by atoms with E-state index in [-0.39, 0.29) is 0 Å². The Kier molecular flexibility index (Phi) is 7.81. The van der Waals surface area contributed by atoms with E-state index in [0.717, 1.165) is 32.6 Å². The molecule has 2 atom stereocenters. The van der Waals surface area contributed by atoms with Crippen molar-refractivity contribution in [1.29, 1.82) is 0 Å². The summed E-state index contributed by atoms with van der Waals surface area (Å²) in [5.41, 5.74) is 0. The van der Waals surface area contributed by atoms with Crippen LogP contribution in [0, 0.1) is 5.92 Å². The summed E-state index contributed by atoms with van der Waals surface area (Å²) >= 11 is 0. The Morgan fingerprint density at radius 1 is 1.31 bits per heavy atom. The second kappa shape index (κ2) is 8.97. The monoisotopic (exact) mass is 229 g/mol. The predicted molar refractivity (Wildman–Crippen MR) is 66.6 cm³/mol. The van der Waals surface area contributed by atoms with E-state index in [4.69, 9.17) is 9.84 Å². The number of rotatable bonds is 7. The molecule has 96 valence electrons. The molecular weight excluding hydrogens is 202 g/mol. The molecule has 0 saturated carbocycles. The molecule has 1 aliphatic heterocycles. The van der Waals surface area contributed by atoms with Gasteiger partial charge in [0.05, 0.1) is 0 Å². The highest BCUT2D eigenvalue weighted by Crippen LogP contribution is 2.12. The third-order valence-corrected chi connectivity index (χ3v) is 3.38. The molecule has 0 aliphatic carbocycles. The average molecular weight is 229 g/mol. The second-order valence-electron chi connectivity index (χ2n) is 4.82. The van der Waals surface area contributed by atoms with Crippen LogP contribution in [0.25, 0.3) is 0 Å². The number of aliphatic hydroxyl groups excluding tert-OH is 1. The van der Waals surface area contributed by atoms with Crippen molar-refractivity contribution in [3.63, 3.8) is 0 Å². The number of hydrogen-bond donors (Lipinski definition) is 2. The van der Waals surface area contributed by atoms with Gasteiger partial charge in [0, 0.05) is 25.9 Å². The molecule has 16 heavy (non-hydrogen) atoms. The Hall–Kier alpha value is -0.120. The molecule has 1 heterocycles. The van der Waals surface area contributed by atoms with Gasteiger partial charge >= 0.3 is 0 Å². The van der Waals surface area contributed by atoms with Crippen LogP contribution >= 0.6 is 0 Å². The molecule has 0 aromatic carbocycles. The number of nitrogens with one attached hydrogen (secondary N) is 1. The van der Waals surface area contributed by atoms with E-state index in [2.05, 4.69) is 12.2 Å². The maximum Gasteiger partial charge on any atom is 0.0480 e. The fourth-order valence-corrected chi connectivity index (χ4v) is 2.38. The van der Waals surface area contributed by atoms with Gasteiger partial charge < -0.3 is 15.2 Å². The van der Waals surface area contributed by atoms with Gasteiger partial charge in [-0.3, -0.25) is 0 Å². The molecule has 0 bridgehead atoms. The molecule has 1 saturated heterocycles. The summed E-state index contributed by atoms with van der Waals surface area (Å²) in [6.45, 7) is 5.41. The fourth-order valence-electron chi connectivity index (χ4n) is 2.38. The van der Waals surface area contributed by atoms with Gasteiger partial charge in [-0.15, -0.1) is 0 Å². The lowest BCUT2D eigenvalue weighted by Gasteiger charge is -2.21. The molecule has 3 nitrogen and oxygen atoms in total. The van der Waals surface area contributed by atoms with Crippen LogP contribution in [0.1, 0.15) is 45.4 Å². The first-order valence-electron chi connectivity index (χ1n) is 6.78. The highest BCUT2D eigenvalue weighted by molar-refractivity contribution is 4.72. The highest BCUT2D eigenvalue weighted by Gasteiger charge is 2.14. The molecule has 0 amide bonds. The predicted octanol–water partition coefficient (Wildman–Crippen LogP) is 1.94. The lowest BCUT2D eigenvalue weighted by Crippen LogP contribution is -2.34. The quantitative estimate of drug-likeness (QED) is 0.701. The summed E-state index contributed by atoms with van der Waals surface area (Å²) < 4.78 is 5.45. The Balaban J connectivity index is 2.18. The van der Waals surface area contributed by atoms with Crippen molar-refractivity contribution in [1.82, 2.24) is 5.32 Å². The zero-order chi connectivity index (χ0) is 11.6. The number of ether oxygens (including phenoxy) is 1. The normalized spacial score (nSPS) is 24.0. The van der Waals surface area contributed by atoms with Crippen molar-refractivity contribution in [2.75, 3.05) is 26.4 Å². The molecule has 2 N–H and O–H groups in total. The zero-order valence-corrected chi connectivity index (χ0v) is 10.6.